The largest absolute Gasteiger partial charge is 0.303 e. The van der Waals surface area contributed by atoms with Gasteiger partial charge in [0.1, 0.15) is 6.29 Å². The number of carbonyl (C=O) groups is 1. The highest BCUT2D eigenvalue weighted by Crippen LogP contribution is 2.38. The van der Waals surface area contributed by atoms with Crippen LogP contribution in [0.25, 0.3) is 0 Å². The Bertz CT molecular complexity index is 242. The molecule has 1 aromatic heterocycles. The van der Waals surface area contributed by atoms with E-state index in [1.807, 2.05) is 19.2 Å². The Balaban J connectivity index is 0.000000184. The fraction of sp³-hybridized carbons (Fsp3) is 0.455. The summed E-state index contributed by atoms with van der Waals surface area (Å²) < 4.78 is 0. The van der Waals surface area contributed by atoms with E-state index in [0.29, 0.717) is 6.42 Å². The Morgan fingerprint density at radius 2 is 2.23 bits per heavy atom. The summed E-state index contributed by atoms with van der Waals surface area (Å²) in [6.45, 7) is 1.81. The lowest BCUT2D eigenvalue weighted by molar-refractivity contribution is -0.107. The van der Waals surface area contributed by atoms with E-state index >= 15 is 0 Å². The molecule has 70 valence electrons. The number of pyridine rings is 1. The molecular formula is C11H15NO. The molecule has 1 aliphatic rings. The molecule has 1 aromatic rings. The van der Waals surface area contributed by atoms with Crippen LogP contribution in [0.5, 0.6) is 0 Å². The first-order valence-corrected chi connectivity index (χ1v) is 4.73. The van der Waals surface area contributed by atoms with Gasteiger partial charge < -0.3 is 4.79 Å². The van der Waals surface area contributed by atoms with Crippen LogP contribution in [0.2, 0.25) is 0 Å². The van der Waals surface area contributed by atoms with Gasteiger partial charge in [-0.1, -0.05) is 13.0 Å². The molecule has 2 nitrogen and oxygen atoms in total. The second-order valence-corrected chi connectivity index (χ2v) is 3.10. The molecule has 0 saturated heterocycles. The van der Waals surface area contributed by atoms with Crippen LogP contribution >= 0.6 is 0 Å². The van der Waals surface area contributed by atoms with E-state index in [2.05, 4.69) is 17.1 Å². The van der Waals surface area contributed by atoms with Crippen molar-refractivity contribution in [3.8, 4) is 0 Å². The second kappa shape index (κ2) is 5.46. The summed E-state index contributed by atoms with van der Waals surface area (Å²) in [5.74, 6) is 0.797. The highest BCUT2D eigenvalue weighted by molar-refractivity contribution is 5.48. The fourth-order valence-corrected chi connectivity index (χ4v) is 0.997. The molecule has 0 aromatic carbocycles. The zero-order valence-corrected chi connectivity index (χ0v) is 7.94. The summed E-state index contributed by atoms with van der Waals surface area (Å²) >= 11 is 0. The number of nitrogens with zero attached hydrogens (tertiary/aromatic N) is 1. The topological polar surface area (TPSA) is 30.0 Å². The molecule has 0 N–H and O–H groups in total. The summed E-state index contributed by atoms with van der Waals surface area (Å²) in [7, 11) is 0. The minimum Gasteiger partial charge on any atom is -0.303 e. The Morgan fingerprint density at radius 3 is 2.62 bits per heavy atom. The van der Waals surface area contributed by atoms with E-state index in [9.17, 15) is 4.79 Å². The molecule has 0 radical (unpaired) electrons. The standard InChI is InChI=1S/C8H9N.C3H6O/c1-2-6-9-8(3-1)7-4-5-7;1-2-3-4/h1-3,6-7H,4-5H2;3H,2H2,1H3. The Hall–Kier alpha value is -1.18. The highest BCUT2D eigenvalue weighted by Gasteiger charge is 2.23. The molecule has 2 rings (SSSR count). The van der Waals surface area contributed by atoms with Crippen molar-refractivity contribution in [3.05, 3.63) is 30.1 Å². The van der Waals surface area contributed by atoms with E-state index in [1.165, 1.54) is 18.5 Å². The molecule has 0 bridgehead atoms. The summed E-state index contributed by atoms with van der Waals surface area (Å²) in [5.41, 5.74) is 1.28. The molecular weight excluding hydrogens is 162 g/mol. The number of aldehydes is 1. The molecule has 0 amide bonds. The van der Waals surface area contributed by atoms with Gasteiger partial charge in [-0.3, -0.25) is 4.98 Å². The molecule has 0 atom stereocenters. The first-order valence-electron chi connectivity index (χ1n) is 4.73. The molecule has 0 spiro atoms. The molecule has 13 heavy (non-hydrogen) atoms. The minimum absolute atomic E-state index is 0.639. The zero-order chi connectivity index (χ0) is 9.52. The predicted molar refractivity (Wildman–Crippen MR) is 52.6 cm³/mol. The third kappa shape index (κ3) is 3.83. The molecule has 0 aliphatic heterocycles. The van der Waals surface area contributed by atoms with Gasteiger partial charge in [-0.2, -0.15) is 0 Å². The fourth-order valence-electron chi connectivity index (χ4n) is 0.997. The maximum absolute atomic E-state index is 9.17. The second-order valence-electron chi connectivity index (χ2n) is 3.10. The Labute approximate surface area is 79.0 Å². The van der Waals surface area contributed by atoms with Crippen LogP contribution in [0, 0.1) is 0 Å². The summed E-state index contributed by atoms with van der Waals surface area (Å²) in [6.07, 6.45) is 6.07. The van der Waals surface area contributed by atoms with Crippen molar-refractivity contribution in [1.82, 2.24) is 4.98 Å². The van der Waals surface area contributed by atoms with Crippen molar-refractivity contribution < 1.29 is 4.79 Å². The Kier molecular flexibility index (Phi) is 4.16. The van der Waals surface area contributed by atoms with E-state index < -0.39 is 0 Å². The van der Waals surface area contributed by atoms with Gasteiger partial charge in [0.15, 0.2) is 0 Å². The first kappa shape index (κ1) is 9.90. The zero-order valence-electron chi connectivity index (χ0n) is 7.94. The number of hydrogen-bond donors (Lipinski definition) is 0. The number of carbonyl (C=O) groups excluding carboxylic acids is 1. The average Bonchev–Trinajstić information content (AvgIpc) is 3.03. The Morgan fingerprint density at radius 1 is 1.54 bits per heavy atom. The van der Waals surface area contributed by atoms with Crippen LogP contribution in [0.4, 0.5) is 0 Å². The third-order valence-electron chi connectivity index (χ3n) is 1.85. The van der Waals surface area contributed by atoms with Gasteiger partial charge >= 0.3 is 0 Å². The quantitative estimate of drug-likeness (QED) is 0.650. The normalized spacial score (nSPS) is 14.2. The molecule has 2 heteroatoms. The van der Waals surface area contributed by atoms with E-state index in [4.69, 9.17) is 0 Å². The van der Waals surface area contributed by atoms with Crippen molar-refractivity contribution in [2.24, 2.45) is 0 Å². The minimum atomic E-state index is 0.639. The van der Waals surface area contributed by atoms with Gasteiger partial charge in [-0.15, -0.1) is 0 Å². The lowest BCUT2D eigenvalue weighted by Gasteiger charge is -1.91. The van der Waals surface area contributed by atoms with Crippen LogP contribution in [0.1, 0.15) is 37.8 Å². The van der Waals surface area contributed by atoms with E-state index in [-0.39, 0.29) is 0 Å². The maximum Gasteiger partial charge on any atom is 0.119 e. The van der Waals surface area contributed by atoms with Crippen LogP contribution < -0.4 is 0 Å². The molecule has 1 fully saturated rings. The van der Waals surface area contributed by atoms with Gasteiger partial charge in [0.2, 0.25) is 0 Å². The van der Waals surface area contributed by atoms with Crippen LogP contribution in [0.3, 0.4) is 0 Å². The lowest BCUT2D eigenvalue weighted by Crippen LogP contribution is -1.81. The monoisotopic (exact) mass is 177 g/mol. The maximum atomic E-state index is 9.17. The smallest absolute Gasteiger partial charge is 0.119 e. The lowest BCUT2D eigenvalue weighted by atomic mass is 10.3. The molecule has 1 aliphatic carbocycles. The van der Waals surface area contributed by atoms with Crippen molar-refractivity contribution >= 4 is 6.29 Å². The van der Waals surface area contributed by atoms with Gasteiger partial charge in [0.05, 0.1) is 0 Å². The van der Waals surface area contributed by atoms with Crippen molar-refractivity contribution in [2.45, 2.75) is 32.1 Å². The van der Waals surface area contributed by atoms with Crippen LogP contribution in [-0.4, -0.2) is 11.3 Å². The van der Waals surface area contributed by atoms with Crippen LogP contribution in [0.15, 0.2) is 24.4 Å². The van der Waals surface area contributed by atoms with Crippen molar-refractivity contribution in [2.75, 3.05) is 0 Å². The first-order chi connectivity index (χ1) is 6.38. The molecule has 0 unspecified atom stereocenters. The predicted octanol–water partition coefficient (Wildman–Crippen LogP) is 2.55. The summed E-state index contributed by atoms with van der Waals surface area (Å²) in [4.78, 5) is 13.4. The van der Waals surface area contributed by atoms with Crippen LogP contribution in [-0.2, 0) is 4.79 Å². The summed E-state index contributed by atoms with van der Waals surface area (Å²) in [6, 6.07) is 6.13. The third-order valence-corrected chi connectivity index (χ3v) is 1.85. The average molecular weight is 177 g/mol. The van der Waals surface area contributed by atoms with E-state index in [0.717, 1.165) is 12.2 Å². The van der Waals surface area contributed by atoms with Gasteiger partial charge in [-0.05, 0) is 25.0 Å². The van der Waals surface area contributed by atoms with E-state index in [1.54, 1.807) is 0 Å². The van der Waals surface area contributed by atoms with Crippen molar-refractivity contribution in [1.29, 1.82) is 0 Å². The number of aromatic nitrogens is 1. The molecule has 1 saturated carbocycles. The van der Waals surface area contributed by atoms with Crippen molar-refractivity contribution in [3.63, 3.8) is 0 Å². The van der Waals surface area contributed by atoms with Gasteiger partial charge in [-0.25, -0.2) is 0 Å². The summed E-state index contributed by atoms with van der Waals surface area (Å²) in [5, 5.41) is 0. The number of rotatable bonds is 2. The SMILES string of the molecule is CCC=O.c1ccc(C2CC2)nc1. The molecule has 1 heterocycles. The highest BCUT2D eigenvalue weighted by atomic mass is 16.1. The van der Waals surface area contributed by atoms with Gasteiger partial charge in [0.25, 0.3) is 0 Å². The number of hydrogen-bond acceptors (Lipinski definition) is 2. The van der Waals surface area contributed by atoms with Gasteiger partial charge in [0, 0.05) is 24.2 Å².